The van der Waals surface area contributed by atoms with Gasteiger partial charge in [0.2, 0.25) is 11.6 Å². The van der Waals surface area contributed by atoms with Crippen molar-refractivity contribution < 1.29 is 19.1 Å². The number of nitrogens with zero attached hydrogens (tertiary/aromatic N) is 1. The summed E-state index contributed by atoms with van der Waals surface area (Å²) in [5.41, 5.74) is 1.72. The van der Waals surface area contributed by atoms with E-state index in [-0.39, 0.29) is 23.9 Å². The summed E-state index contributed by atoms with van der Waals surface area (Å²) in [5, 5.41) is 3.62. The molecule has 4 atom stereocenters. The summed E-state index contributed by atoms with van der Waals surface area (Å²) in [4.78, 5) is 40.9. The van der Waals surface area contributed by atoms with E-state index in [0.29, 0.717) is 6.42 Å². The topological polar surface area (TPSA) is 75.7 Å². The number of benzene rings is 1. The molecule has 6 nitrogen and oxygen atoms in total. The normalized spacial score (nSPS) is 28.9. The fourth-order valence-electron chi connectivity index (χ4n) is 5.21. The monoisotopic (exact) mass is 412 g/mol. The number of hydrogen-bond donors (Lipinski definition) is 1. The second-order valence-corrected chi connectivity index (χ2v) is 9.44. The molecule has 3 aliphatic rings. The average Bonchev–Trinajstić information content (AvgIpc) is 2.77. The zero-order valence-corrected chi connectivity index (χ0v) is 18.4. The van der Waals surface area contributed by atoms with Crippen LogP contribution in [0.5, 0.6) is 5.75 Å². The molecule has 2 saturated heterocycles. The molecule has 30 heavy (non-hydrogen) atoms. The molecule has 162 valence electrons. The Morgan fingerprint density at radius 1 is 1.27 bits per heavy atom. The second kappa shape index (κ2) is 7.89. The Morgan fingerprint density at radius 2 is 2.03 bits per heavy atom. The first-order valence-electron chi connectivity index (χ1n) is 11.1. The van der Waals surface area contributed by atoms with Gasteiger partial charge in [0.15, 0.2) is 5.78 Å². The van der Waals surface area contributed by atoms with Crippen molar-refractivity contribution in [2.24, 2.45) is 5.41 Å². The van der Waals surface area contributed by atoms with Gasteiger partial charge >= 0.3 is 0 Å². The molecule has 0 saturated carbocycles. The van der Waals surface area contributed by atoms with E-state index in [1.165, 1.54) is 11.1 Å². The van der Waals surface area contributed by atoms with Crippen LogP contribution in [0.15, 0.2) is 18.2 Å². The van der Waals surface area contributed by atoms with E-state index in [9.17, 15) is 14.4 Å². The minimum absolute atomic E-state index is 0.0131. The summed E-state index contributed by atoms with van der Waals surface area (Å²) in [6.45, 7) is 6.32. The van der Waals surface area contributed by atoms with Crippen LogP contribution < -0.4 is 10.1 Å². The number of carbonyl (C=O) groups is 3. The van der Waals surface area contributed by atoms with Gasteiger partial charge in [-0.2, -0.15) is 0 Å². The molecule has 0 aliphatic carbocycles. The van der Waals surface area contributed by atoms with Gasteiger partial charge in [0.1, 0.15) is 11.8 Å². The van der Waals surface area contributed by atoms with Gasteiger partial charge < -0.3 is 10.1 Å². The van der Waals surface area contributed by atoms with Gasteiger partial charge in [0.25, 0.3) is 0 Å². The highest BCUT2D eigenvalue weighted by Crippen LogP contribution is 2.43. The lowest BCUT2D eigenvalue weighted by molar-refractivity contribution is -0.165. The summed E-state index contributed by atoms with van der Waals surface area (Å²) in [6.07, 6.45) is 4.12. The molecule has 3 heterocycles. The van der Waals surface area contributed by atoms with E-state index in [2.05, 4.69) is 17.4 Å². The first kappa shape index (κ1) is 21.2. The number of Topliss-reactive ketones (excluding diaryl/α,β-unsaturated/α-hetero) is 3. The predicted molar refractivity (Wildman–Crippen MR) is 114 cm³/mol. The first-order chi connectivity index (χ1) is 14.3. The Balaban J connectivity index is 1.65. The predicted octanol–water partition coefficient (Wildman–Crippen LogP) is 2.63. The van der Waals surface area contributed by atoms with E-state index >= 15 is 0 Å². The van der Waals surface area contributed by atoms with Crippen LogP contribution in [0, 0.1) is 5.41 Å². The number of piperidine rings is 1. The third kappa shape index (κ3) is 3.30. The molecule has 1 aromatic rings. The molecule has 0 amide bonds. The minimum Gasteiger partial charge on any atom is -0.497 e. The van der Waals surface area contributed by atoms with Crippen LogP contribution in [0.4, 0.5) is 0 Å². The molecule has 4 rings (SSSR count). The molecule has 3 aliphatic heterocycles. The maximum atomic E-state index is 13.1. The van der Waals surface area contributed by atoms with Gasteiger partial charge in [-0.1, -0.05) is 26.8 Å². The third-order valence-electron chi connectivity index (χ3n) is 7.42. The van der Waals surface area contributed by atoms with Gasteiger partial charge in [-0.25, -0.2) is 0 Å². The van der Waals surface area contributed by atoms with Crippen LogP contribution in [0.2, 0.25) is 0 Å². The van der Waals surface area contributed by atoms with Crippen molar-refractivity contribution in [2.45, 2.75) is 77.0 Å². The lowest BCUT2D eigenvalue weighted by Gasteiger charge is -2.55. The molecular weight excluding hydrogens is 380 g/mol. The molecule has 0 bridgehead atoms. The minimum atomic E-state index is -0.920. The van der Waals surface area contributed by atoms with Crippen LogP contribution in [0.1, 0.15) is 63.6 Å². The zero-order valence-electron chi connectivity index (χ0n) is 18.4. The van der Waals surface area contributed by atoms with E-state index < -0.39 is 23.0 Å². The highest BCUT2D eigenvalue weighted by atomic mass is 16.5. The summed E-state index contributed by atoms with van der Waals surface area (Å²) in [6, 6.07) is 5.03. The lowest BCUT2D eigenvalue weighted by atomic mass is 9.72. The van der Waals surface area contributed by atoms with E-state index in [4.69, 9.17) is 4.74 Å². The van der Waals surface area contributed by atoms with Crippen molar-refractivity contribution >= 4 is 17.3 Å². The van der Waals surface area contributed by atoms with Crippen LogP contribution in [0.3, 0.4) is 0 Å². The van der Waals surface area contributed by atoms with Gasteiger partial charge in [0.05, 0.1) is 13.2 Å². The Labute approximate surface area is 178 Å². The van der Waals surface area contributed by atoms with Crippen LogP contribution in [0.25, 0.3) is 0 Å². The lowest BCUT2D eigenvalue weighted by Crippen LogP contribution is -2.74. The molecule has 0 aromatic heterocycles. The van der Waals surface area contributed by atoms with Crippen molar-refractivity contribution in [1.29, 1.82) is 0 Å². The average molecular weight is 413 g/mol. The molecule has 6 heteroatoms. The molecule has 2 fully saturated rings. The number of methoxy groups -OCH3 is 1. The second-order valence-electron chi connectivity index (χ2n) is 9.44. The van der Waals surface area contributed by atoms with Gasteiger partial charge in [-0.05, 0) is 61.9 Å². The Bertz CT molecular complexity index is 878. The number of fused-ring (bicyclic) bond motifs is 2. The van der Waals surface area contributed by atoms with Crippen molar-refractivity contribution in [1.82, 2.24) is 10.2 Å². The van der Waals surface area contributed by atoms with E-state index in [0.717, 1.165) is 38.0 Å². The molecular formula is C24H32N2O4. The molecule has 1 N–H and O–H groups in total. The smallest absolute Gasteiger partial charge is 0.223 e. The maximum Gasteiger partial charge on any atom is 0.223 e. The SMILES string of the molecule is CCC(C)(C)C(=O)C(=O)C1C(=O)C2CCCC(C3NCCc4ccc(OC)cc43)N21. The summed E-state index contributed by atoms with van der Waals surface area (Å²) >= 11 is 0. The van der Waals surface area contributed by atoms with E-state index in [1.807, 2.05) is 17.9 Å². The fraction of sp³-hybridized carbons (Fsp3) is 0.625. The number of nitrogens with one attached hydrogen (secondary N) is 1. The molecule has 0 radical (unpaired) electrons. The number of rotatable bonds is 6. The molecule has 1 aromatic carbocycles. The van der Waals surface area contributed by atoms with Crippen molar-refractivity contribution in [3.63, 3.8) is 0 Å². The van der Waals surface area contributed by atoms with Crippen molar-refractivity contribution in [3.8, 4) is 5.75 Å². The maximum absolute atomic E-state index is 13.1. The number of carbonyl (C=O) groups excluding carboxylic acids is 3. The Morgan fingerprint density at radius 3 is 2.73 bits per heavy atom. The highest BCUT2D eigenvalue weighted by Gasteiger charge is 2.58. The van der Waals surface area contributed by atoms with Crippen molar-refractivity contribution in [2.75, 3.05) is 13.7 Å². The zero-order chi connectivity index (χ0) is 21.6. The Kier molecular flexibility index (Phi) is 5.58. The third-order valence-corrected chi connectivity index (χ3v) is 7.42. The number of ether oxygens (including phenoxy) is 1. The quantitative estimate of drug-likeness (QED) is 0.572. The van der Waals surface area contributed by atoms with Gasteiger partial charge in [-0.3, -0.25) is 19.3 Å². The molecule has 0 spiro atoms. The van der Waals surface area contributed by atoms with Crippen LogP contribution >= 0.6 is 0 Å². The highest BCUT2D eigenvalue weighted by molar-refractivity contribution is 6.45. The summed E-state index contributed by atoms with van der Waals surface area (Å²) in [5.74, 6) is -0.227. The van der Waals surface area contributed by atoms with Crippen LogP contribution in [-0.4, -0.2) is 54.0 Å². The van der Waals surface area contributed by atoms with Crippen molar-refractivity contribution in [3.05, 3.63) is 29.3 Å². The van der Waals surface area contributed by atoms with Crippen LogP contribution in [-0.2, 0) is 20.8 Å². The standard InChI is InChI=1S/C24H32N2O4/c1-5-24(2,3)23(29)22(28)20-21(27)18-8-6-7-17(26(18)20)19-16-13-15(30-4)10-9-14(16)11-12-25-19/h9-10,13,17-20,25H,5-8,11-12H2,1-4H3. The first-order valence-corrected chi connectivity index (χ1v) is 11.1. The summed E-state index contributed by atoms with van der Waals surface area (Å²) < 4.78 is 5.44. The van der Waals surface area contributed by atoms with Gasteiger partial charge in [0, 0.05) is 17.5 Å². The Hall–Kier alpha value is -2.05. The largest absolute Gasteiger partial charge is 0.497 e. The summed E-state index contributed by atoms with van der Waals surface area (Å²) in [7, 11) is 1.66. The fourth-order valence-corrected chi connectivity index (χ4v) is 5.21. The number of hydrogen-bond acceptors (Lipinski definition) is 6. The van der Waals surface area contributed by atoms with E-state index in [1.54, 1.807) is 21.0 Å². The van der Waals surface area contributed by atoms with Gasteiger partial charge in [-0.15, -0.1) is 0 Å². The molecule has 4 unspecified atom stereocenters. The number of ketones is 3.